The molecule has 1 aliphatic carbocycles. The van der Waals surface area contributed by atoms with Gasteiger partial charge in [-0.3, -0.25) is 4.79 Å². The Labute approximate surface area is 190 Å². The maximum Gasteiger partial charge on any atom is 0.254 e. The normalized spacial score (nSPS) is 14.5. The van der Waals surface area contributed by atoms with E-state index in [9.17, 15) is 4.79 Å². The van der Waals surface area contributed by atoms with E-state index in [1.54, 1.807) is 0 Å². The Kier molecular flexibility index (Phi) is 7.14. The predicted molar refractivity (Wildman–Crippen MR) is 128 cm³/mol. The average molecular weight is 435 g/mol. The fraction of sp³-hybridized carbons (Fsp3) is 0.370. The van der Waals surface area contributed by atoms with Gasteiger partial charge in [-0.25, -0.2) is 0 Å². The van der Waals surface area contributed by atoms with Crippen molar-refractivity contribution in [3.8, 4) is 0 Å². The topological polar surface area (TPSA) is 25.2 Å². The third-order valence-corrected chi connectivity index (χ3v) is 6.62. The van der Waals surface area contributed by atoms with Gasteiger partial charge in [0.1, 0.15) is 0 Å². The first-order valence-corrected chi connectivity index (χ1v) is 11.8. The molecule has 2 aromatic carbocycles. The molecule has 0 aliphatic heterocycles. The largest absolute Gasteiger partial charge is 0.345 e. The minimum absolute atomic E-state index is 0.144. The molecule has 0 unspecified atom stereocenters. The molecule has 3 nitrogen and oxygen atoms in total. The summed E-state index contributed by atoms with van der Waals surface area (Å²) in [4.78, 5) is 15.7. The molecule has 0 spiro atoms. The van der Waals surface area contributed by atoms with Crippen molar-refractivity contribution < 1.29 is 4.79 Å². The summed E-state index contributed by atoms with van der Waals surface area (Å²) in [5.74, 6) is 0.144. The first-order chi connectivity index (χ1) is 15.1. The van der Waals surface area contributed by atoms with Gasteiger partial charge in [-0.1, -0.05) is 62.1 Å². The van der Waals surface area contributed by atoms with E-state index in [1.807, 2.05) is 30.3 Å². The van der Waals surface area contributed by atoms with Crippen LogP contribution in [0, 0.1) is 0 Å². The van der Waals surface area contributed by atoms with Crippen LogP contribution in [0.4, 0.5) is 0 Å². The number of halogens is 1. The van der Waals surface area contributed by atoms with E-state index in [0.717, 1.165) is 47.7 Å². The molecule has 0 atom stereocenters. The van der Waals surface area contributed by atoms with Crippen LogP contribution in [-0.4, -0.2) is 21.4 Å². The lowest BCUT2D eigenvalue weighted by Crippen LogP contribution is -2.41. The van der Waals surface area contributed by atoms with E-state index >= 15 is 0 Å². The summed E-state index contributed by atoms with van der Waals surface area (Å²) >= 11 is 6.18. The molecular weight excluding hydrogens is 404 g/mol. The first-order valence-electron chi connectivity index (χ1n) is 11.4. The third-order valence-electron chi connectivity index (χ3n) is 6.38. The minimum atomic E-state index is 0.144. The lowest BCUT2D eigenvalue weighted by atomic mass is 9.93. The van der Waals surface area contributed by atoms with Gasteiger partial charge in [0.15, 0.2) is 0 Å². The van der Waals surface area contributed by atoms with Gasteiger partial charge in [-0.2, -0.15) is 0 Å². The van der Waals surface area contributed by atoms with Crippen LogP contribution in [0.25, 0.3) is 0 Å². The molecule has 0 bridgehead atoms. The summed E-state index contributed by atoms with van der Waals surface area (Å²) < 4.78 is 2.23. The molecule has 1 fully saturated rings. The second-order valence-electron chi connectivity index (χ2n) is 8.53. The van der Waals surface area contributed by atoms with E-state index in [0.29, 0.717) is 12.6 Å². The van der Waals surface area contributed by atoms with Crippen LogP contribution >= 0.6 is 11.6 Å². The minimum Gasteiger partial charge on any atom is -0.345 e. The Morgan fingerprint density at radius 1 is 1.00 bits per heavy atom. The van der Waals surface area contributed by atoms with Crippen molar-refractivity contribution >= 4 is 17.5 Å². The maximum absolute atomic E-state index is 13.6. The van der Waals surface area contributed by atoms with Crippen LogP contribution < -0.4 is 0 Å². The van der Waals surface area contributed by atoms with E-state index < -0.39 is 0 Å². The Balaban J connectivity index is 1.58. The lowest BCUT2D eigenvalue weighted by molar-refractivity contribution is 0.0608. The molecule has 0 N–H and O–H groups in total. The number of nitrogens with zero attached hydrogens (tertiary/aromatic N) is 2. The van der Waals surface area contributed by atoms with Gasteiger partial charge >= 0.3 is 0 Å². The molecule has 4 heteroatoms. The van der Waals surface area contributed by atoms with Crippen LogP contribution in [0.3, 0.4) is 0 Å². The summed E-state index contributed by atoms with van der Waals surface area (Å²) in [7, 11) is 0. The molecular formula is C27H31ClN2O. The van der Waals surface area contributed by atoms with Gasteiger partial charge in [0.2, 0.25) is 0 Å². The summed E-state index contributed by atoms with van der Waals surface area (Å²) in [6.45, 7) is 3.52. The highest BCUT2D eigenvalue weighted by Gasteiger charge is 2.27. The van der Waals surface area contributed by atoms with E-state index in [4.69, 9.17) is 11.6 Å². The van der Waals surface area contributed by atoms with Crippen LogP contribution in [0.15, 0.2) is 66.9 Å². The molecule has 0 saturated heterocycles. The van der Waals surface area contributed by atoms with Crippen molar-refractivity contribution in [2.75, 3.05) is 0 Å². The van der Waals surface area contributed by atoms with Gasteiger partial charge in [0.25, 0.3) is 5.91 Å². The average Bonchev–Trinajstić information content (AvgIpc) is 3.24. The number of amides is 1. The molecule has 162 valence electrons. The first kappa shape index (κ1) is 21.7. The Morgan fingerprint density at radius 3 is 2.48 bits per heavy atom. The van der Waals surface area contributed by atoms with Gasteiger partial charge in [0, 0.05) is 35.1 Å². The molecule has 4 rings (SSSR count). The zero-order valence-corrected chi connectivity index (χ0v) is 19.0. The van der Waals surface area contributed by atoms with Crippen LogP contribution in [0.1, 0.15) is 66.2 Å². The molecule has 0 radical (unpaired) electrons. The van der Waals surface area contributed by atoms with Crippen molar-refractivity contribution in [1.29, 1.82) is 0 Å². The van der Waals surface area contributed by atoms with Crippen molar-refractivity contribution in [3.05, 3.63) is 94.3 Å². The van der Waals surface area contributed by atoms with Crippen molar-refractivity contribution in [3.63, 3.8) is 0 Å². The standard InChI is InChI=1S/C27H31ClN2O/c1-2-21-13-15-23(16-14-21)27(31)30(25-10-4-3-5-11-25)20-26-12-7-17-29(26)19-22-8-6-9-24(28)18-22/h6-9,12-18,25H,2-5,10-11,19-20H2,1H3. The number of hydrogen-bond acceptors (Lipinski definition) is 1. The van der Waals surface area contributed by atoms with Crippen molar-refractivity contribution in [2.24, 2.45) is 0 Å². The third kappa shape index (κ3) is 5.40. The molecule has 1 aliphatic rings. The number of rotatable bonds is 7. The second-order valence-corrected chi connectivity index (χ2v) is 8.97. The van der Waals surface area contributed by atoms with Gasteiger partial charge in [-0.15, -0.1) is 0 Å². The monoisotopic (exact) mass is 434 g/mol. The lowest BCUT2D eigenvalue weighted by Gasteiger charge is -2.35. The quantitative estimate of drug-likeness (QED) is 0.404. The summed E-state index contributed by atoms with van der Waals surface area (Å²) in [5.41, 5.74) is 4.37. The van der Waals surface area contributed by atoms with E-state index in [-0.39, 0.29) is 5.91 Å². The number of carbonyl (C=O) groups is 1. The number of aromatic nitrogens is 1. The zero-order chi connectivity index (χ0) is 21.6. The summed E-state index contributed by atoms with van der Waals surface area (Å²) in [6.07, 6.45) is 8.93. The fourth-order valence-electron chi connectivity index (χ4n) is 4.56. The predicted octanol–water partition coefficient (Wildman–Crippen LogP) is 6.73. The molecule has 1 saturated carbocycles. The van der Waals surface area contributed by atoms with Crippen LogP contribution in [0.5, 0.6) is 0 Å². The van der Waals surface area contributed by atoms with Gasteiger partial charge < -0.3 is 9.47 Å². The van der Waals surface area contributed by atoms with Crippen molar-refractivity contribution in [2.45, 2.75) is 64.6 Å². The number of aryl methyl sites for hydroxylation is 1. The summed E-state index contributed by atoms with van der Waals surface area (Å²) in [5, 5.41) is 0.751. The smallest absolute Gasteiger partial charge is 0.254 e. The molecule has 1 aromatic heterocycles. The Morgan fingerprint density at radius 2 is 1.77 bits per heavy atom. The molecule has 1 amide bonds. The number of hydrogen-bond donors (Lipinski definition) is 0. The summed E-state index contributed by atoms with van der Waals surface area (Å²) in [6, 6.07) is 20.6. The zero-order valence-electron chi connectivity index (χ0n) is 18.3. The molecule has 31 heavy (non-hydrogen) atoms. The molecule has 3 aromatic rings. The van der Waals surface area contributed by atoms with Gasteiger partial charge in [-0.05, 0) is 66.8 Å². The SMILES string of the molecule is CCc1ccc(C(=O)N(Cc2cccn2Cc2cccc(Cl)c2)C2CCCCC2)cc1. The Hall–Kier alpha value is -2.52. The number of benzene rings is 2. The highest BCUT2D eigenvalue weighted by atomic mass is 35.5. The van der Waals surface area contributed by atoms with E-state index in [1.165, 1.54) is 24.8 Å². The number of carbonyl (C=O) groups excluding carboxylic acids is 1. The highest BCUT2D eigenvalue weighted by molar-refractivity contribution is 6.30. The fourth-order valence-corrected chi connectivity index (χ4v) is 4.77. The van der Waals surface area contributed by atoms with Crippen LogP contribution in [0.2, 0.25) is 5.02 Å². The second kappa shape index (κ2) is 10.2. The molecule has 1 heterocycles. The highest BCUT2D eigenvalue weighted by Crippen LogP contribution is 2.26. The van der Waals surface area contributed by atoms with E-state index in [2.05, 4.69) is 52.9 Å². The van der Waals surface area contributed by atoms with Crippen LogP contribution in [-0.2, 0) is 19.5 Å². The van der Waals surface area contributed by atoms with Crippen molar-refractivity contribution in [1.82, 2.24) is 9.47 Å². The Bertz CT molecular complexity index is 1000. The van der Waals surface area contributed by atoms with Gasteiger partial charge in [0.05, 0.1) is 6.54 Å². The maximum atomic E-state index is 13.6.